The first kappa shape index (κ1) is 36.1. The van der Waals surface area contributed by atoms with Crippen LogP contribution in [-0.4, -0.2) is 67.2 Å². The SMILES string of the molecule is COc1cccc(C(=O)Oc2ccc(C(=O)CN(C(=O)c3ccc(Cl)cc3Cl)N3C(=O)[C@H]4[C@H](C3=O)[C@@]3(Cl)C(Cl)=C(Cl)[C@@]4(Cl)C3(Cl)Cl)cc2)c1. The number of halogens is 8. The highest BCUT2D eigenvalue weighted by molar-refractivity contribution is 6.67. The second kappa shape index (κ2) is 12.8. The van der Waals surface area contributed by atoms with Gasteiger partial charge in [-0.3, -0.25) is 19.2 Å². The Morgan fingerprint density at radius 2 is 1.37 bits per heavy atom. The highest BCUT2D eigenvalue weighted by Crippen LogP contribution is 2.77. The number of methoxy groups -OCH3 is 1. The summed E-state index contributed by atoms with van der Waals surface area (Å²) in [4.78, 5) is 64.3. The van der Waals surface area contributed by atoms with Crippen LogP contribution in [0.4, 0.5) is 0 Å². The topological polar surface area (TPSA) is 110 Å². The van der Waals surface area contributed by atoms with Crippen LogP contribution < -0.4 is 9.47 Å². The van der Waals surface area contributed by atoms with Crippen LogP contribution in [0.2, 0.25) is 10.0 Å². The van der Waals surface area contributed by atoms with E-state index in [2.05, 4.69) is 0 Å². The van der Waals surface area contributed by atoms with Crippen molar-refractivity contribution >= 4 is 122 Å². The zero-order valence-electron chi connectivity index (χ0n) is 24.5. The standard InChI is InChI=1S/C32H18Cl8N2O7/c1-48-18-4-2-3-15(11-18)29(47)49-17-8-5-14(6-9-17)21(43)13-41(26(44)19-10-7-16(33)12-20(19)34)42-27(45)22-23(28(42)46)31(38)25(36)24(35)30(22,37)32(31,39)40/h2-12,22-23H,13H2,1H3/t22-,23-,30-,31-/m1/s1. The first-order valence-electron chi connectivity index (χ1n) is 14.0. The van der Waals surface area contributed by atoms with E-state index in [9.17, 15) is 24.0 Å². The van der Waals surface area contributed by atoms with Gasteiger partial charge in [0.05, 0.1) is 45.2 Å². The van der Waals surface area contributed by atoms with Crippen LogP contribution in [-0.2, 0) is 9.59 Å². The maximum Gasteiger partial charge on any atom is 0.343 e. The van der Waals surface area contributed by atoms with Gasteiger partial charge >= 0.3 is 5.97 Å². The summed E-state index contributed by atoms with van der Waals surface area (Å²) < 4.78 is 8.31. The number of imide groups is 1. The minimum absolute atomic E-state index is 0.0245. The number of fused-ring (bicyclic) bond motifs is 5. The summed E-state index contributed by atoms with van der Waals surface area (Å²) in [6, 6.07) is 15.6. The third kappa shape index (κ3) is 5.32. The molecule has 3 aromatic rings. The molecule has 254 valence electrons. The summed E-state index contributed by atoms with van der Waals surface area (Å²) in [5.74, 6) is -7.15. The van der Waals surface area contributed by atoms with E-state index in [-0.39, 0.29) is 42.5 Å². The average Bonchev–Trinajstić information content (AvgIpc) is 3.46. The van der Waals surface area contributed by atoms with Gasteiger partial charge in [0.1, 0.15) is 27.8 Å². The molecule has 1 heterocycles. The van der Waals surface area contributed by atoms with Crippen LogP contribution in [0.25, 0.3) is 0 Å². The molecule has 0 N–H and O–H groups in total. The molecule has 3 amide bonds. The van der Waals surface area contributed by atoms with Crippen molar-refractivity contribution in [2.45, 2.75) is 14.1 Å². The van der Waals surface area contributed by atoms with E-state index < -0.39 is 61.9 Å². The zero-order chi connectivity index (χ0) is 35.8. The van der Waals surface area contributed by atoms with E-state index in [1.54, 1.807) is 12.1 Å². The van der Waals surface area contributed by atoms with Gasteiger partial charge in [0.15, 0.2) is 10.1 Å². The number of alkyl halides is 4. The fourth-order valence-electron chi connectivity index (χ4n) is 6.11. The normalized spacial score (nSPS) is 25.0. The molecule has 6 rings (SSSR count). The Bertz CT molecular complexity index is 1960. The van der Waals surface area contributed by atoms with Gasteiger partial charge in [-0.15, -0.1) is 23.2 Å². The number of hydrogen-bond acceptors (Lipinski definition) is 7. The molecule has 17 heteroatoms. The molecular formula is C32H18Cl8N2O7. The number of ether oxygens (including phenoxy) is 2. The molecule has 3 aliphatic rings. The maximum atomic E-state index is 14.1. The molecule has 1 saturated heterocycles. The van der Waals surface area contributed by atoms with Gasteiger partial charge in [-0.2, -0.15) is 5.01 Å². The van der Waals surface area contributed by atoms with Crippen LogP contribution in [0.5, 0.6) is 11.5 Å². The van der Waals surface area contributed by atoms with E-state index in [1.165, 1.54) is 61.7 Å². The number of carbonyl (C=O) groups excluding carboxylic acids is 5. The average molecular weight is 826 g/mol. The van der Waals surface area contributed by atoms with Crippen molar-refractivity contribution in [3.05, 3.63) is 104 Å². The Morgan fingerprint density at radius 1 is 0.776 bits per heavy atom. The molecule has 9 nitrogen and oxygen atoms in total. The summed E-state index contributed by atoms with van der Waals surface area (Å²) in [5.41, 5.74) is 0.0543. The molecule has 2 fully saturated rings. The Hall–Kier alpha value is -2.73. The molecular weight excluding hydrogens is 808 g/mol. The predicted molar refractivity (Wildman–Crippen MR) is 185 cm³/mol. The summed E-state index contributed by atoms with van der Waals surface area (Å²) >= 11 is 52.0. The van der Waals surface area contributed by atoms with E-state index in [0.717, 1.165) is 0 Å². The molecule has 0 unspecified atom stereocenters. The zero-order valence-corrected chi connectivity index (χ0v) is 30.5. The largest absolute Gasteiger partial charge is 0.497 e. The highest BCUT2D eigenvalue weighted by Gasteiger charge is 2.88. The smallest absolute Gasteiger partial charge is 0.343 e. The van der Waals surface area contributed by atoms with Crippen LogP contribution in [0, 0.1) is 11.8 Å². The van der Waals surface area contributed by atoms with Crippen LogP contribution >= 0.6 is 92.8 Å². The van der Waals surface area contributed by atoms with E-state index >= 15 is 0 Å². The molecule has 2 aliphatic carbocycles. The molecule has 49 heavy (non-hydrogen) atoms. The quantitative estimate of drug-likeness (QED) is 0.0747. The van der Waals surface area contributed by atoms with Gasteiger partial charge in [-0.1, -0.05) is 75.7 Å². The highest BCUT2D eigenvalue weighted by atomic mass is 35.5. The lowest BCUT2D eigenvalue weighted by Crippen LogP contribution is -2.56. The van der Waals surface area contributed by atoms with E-state index in [1.807, 2.05) is 0 Å². The van der Waals surface area contributed by atoms with Crippen molar-refractivity contribution < 1.29 is 33.4 Å². The number of ketones is 1. The van der Waals surface area contributed by atoms with E-state index in [4.69, 9.17) is 102 Å². The Balaban J connectivity index is 1.32. The number of carbonyl (C=O) groups is 5. The van der Waals surface area contributed by atoms with Crippen molar-refractivity contribution in [3.63, 3.8) is 0 Å². The molecule has 0 spiro atoms. The van der Waals surface area contributed by atoms with Gasteiger partial charge in [-0.25, -0.2) is 9.80 Å². The van der Waals surface area contributed by atoms with Crippen molar-refractivity contribution in [3.8, 4) is 11.5 Å². The lowest BCUT2D eigenvalue weighted by molar-refractivity contribution is -0.154. The first-order chi connectivity index (χ1) is 23.0. The Morgan fingerprint density at radius 3 is 1.92 bits per heavy atom. The third-order valence-corrected chi connectivity index (χ3v) is 13.3. The number of benzene rings is 3. The number of nitrogens with zero attached hydrogens (tertiary/aromatic N) is 2. The number of hydrogen-bond donors (Lipinski definition) is 0. The van der Waals surface area contributed by atoms with Gasteiger partial charge in [0.25, 0.3) is 17.7 Å². The van der Waals surface area contributed by atoms with Crippen molar-refractivity contribution in [2.24, 2.45) is 11.8 Å². The minimum atomic E-state index is -2.22. The van der Waals surface area contributed by atoms with Gasteiger partial charge in [-0.05, 0) is 60.7 Å². The number of hydrazine groups is 1. The minimum Gasteiger partial charge on any atom is -0.497 e. The third-order valence-electron chi connectivity index (χ3n) is 8.51. The second-order valence-electron chi connectivity index (χ2n) is 11.1. The molecule has 4 atom stereocenters. The molecule has 1 saturated carbocycles. The summed E-state index contributed by atoms with van der Waals surface area (Å²) in [5, 5.41) is 0.473. The van der Waals surface area contributed by atoms with Crippen LogP contribution in [0.15, 0.2) is 76.8 Å². The lowest BCUT2D eigenvalue weighted by Gasteiger charge is -2.36. The van der Waals surface area contributed by atoms with Crippen LogP contribution in [0.1, 0.15) is 31.1 Å². The number of rotatable bonds is 8. The fraction of sp³-hybridized carbons (Fsp3) is 0.219. The monoisotopic (exact) mass is 822 g/mol. The summed E-state index contributed by atoms with van der Waals surface area (Å²) in [6.45, 7) is -0.857. The van der Waals surface area contributed by atoms with Crippen molar-refractivity contribution in [1.82, 2.24) is 10.0 Å². The second-order valence-corrected chi connectivity index (χ2v) is 15.2. The number of esters is 1. The molecule has 1 aliphatic heterocycles. The Labute approximate surface area is 318 Å². The molecule has 0 radical (unpaired) electrons. The van der Waals surface area contributed by atoms with E-state index in [0.29, 0.717) is 15.8 Å². The van der Waals surface area contributed by atoms with Crippen molar-refractivity contribution in [2.75, 3.05) is 13.7 Å². The maximum absolute atomic E-state index is 14.1. The molecule has 3 aromatic carbocycles. The number of Topliss-reactive ketones (excluding diaryl/α,β-unsaturated/α-hetero) is 1. The fourth-order valence-corrected chi connectivity index (χ4v) is 9.52. The number of amides is 3. The van der Waals surface area contributed by atoms with Crippen molar-refractivity contribution in [1.29, 1.82) is 0 Å². The van der Waals surface area contributed by atoms with Gasteiger partial charge < -0.3 is 9.47 Å². The van der Waals surface area contributed by atoms with Gasteiger partial charge in [0.2, 0.25) is 0 Å². The summed E-state index contributed by atoms with van der Waals surface area (Å²) in [7, 11) is 1.46. The Kier molecular flexibility index (Phi) is 9.42. The van der Waals surface area contributed by atoms with Crippen LogP contribution in [0.3, 0.4) is 0 Å². The molecule has 0 aromatic heterocycles. The first-order valence-corrected chi connectivity index (χ1v) is 17.0. The predicted octanol–water partition coefficient (Wildman–Crippen LogP) is 7.91. The summed E-state index contributed by atoms with van der Waals surface area (Å²) in [6.07, 6.45) is 0. The number of allylic oxidation sites excluding steroid dienone is 2. The lowest BCUT2D eigenvalue weighted by atomic mass is 9.84. The molecule has 2 bridgehead atoms. The van der Waals surface area contributed by atoms with Gasteiger partial charge in [0, 0.05) is 10.6 Å².